The van der Waals surface area contributed by atoms with Crippen LogP contribution >= 0.6 is 0 Å². The van der Waals surface area contributed by atoms with E-state index in [-0.39, 0.29) is 0 Å². The van der Waals surface area contributed by atoms with Gasteiger partial charge in [0.25, 0.3) is 0 Å². The van der Waals surface area contributed by atoms with E-state index < -0.39 is 9.84 Å². The Labute approximate surface area is 122 Å². The Kier molecular flexibility index (Phi) is 5.05. The van der Waals surface area contributed by atoms with Crippen molar-refractivity contribution in [2.45, 2.75) is 37.1 Å². The van der Waals surface area contributed by atoms with Crippen molar-refractivity contribution in [2.24, 2.45) is 0 Å². The molecule has 20 heavy (non-hydrogen) atoms. The van der Waals surface area contributed by atoms with E-state index in [0.29, 0.717) is 10.9 Å². The van der Waals surface area contributed by atoms with Crippen LogP contribution in [-0.4, -0.2) is 40.3 Å². The summed E-state index contributed by atoms with van der Waals surface area (Å²) in [5.74, 6) is 0. The minimum absolute atomic E-state index is 0.390. The van der Waals surface area contributed by atoms with Crippen molar-refractivity contribution in [2.75, 3.05) is 30.8 Å². The van der Waals surface area contributed by atoms with Gasteiger partial charge in [0.15, 0.2) is 9.84 Å². The number of nitrogens with zero attached hydrogens (tertiary/aromatic N) is 1. The zero-order valence-electron chi connectivity index (χ0n) is 12.3. The quantitative estimate of drug-likeness (QED) is 0.903. The van der Waals surface area contributed by atoms with Crippen molar-refractivity contribution in [3.05, 3.63) is 24.3 Å². The lowest BCUT2D eigenvalue weighted by Crippen LogP contribution is -2.42. The molecule has 0 spiro atoms. The number of nitrogens with one attached hydrogen (secondary N) is 1. The van der Waals surface area contributed by atoms with Gasteiger partial charge in [0.2, 0.25) is 0 Å². The molecule has 1 aliphatic rings. The summed E-state index contributed by atoms with van der Waals surface area (Å²) in [5.41, 5.74) is 1.12. The van der Waals surface area contributed by atoms with Crippen LogP contribution in [0.25, 0.3) is 0 Å². The highest BCUT2D eigenvalue weighted by molar-refractivity contribution is 7.90. The van der Waals surface area contributed by atoms with Gasteiger partial charge in [-0.15, -0.1) is 0 Å². The third kappa shape index (κ3) is 3.96. The van der Waals surface area contributed by atoms with Crippen LogP contribution in [0.2, 0.25) is 0 Å². The summed E-state index contributed by atoms with van der Waals surface area (Å²) in [5, 5.41) is 3.57. The molecule has 0 aliphatic carbocycles. The molecule has 4 nitrogen and oxygen atoms in total. The second-order valence-corrected chi connectivity index (χ2v) is 7.50. The molecule has 0 radical (unpaired) electrons. The predicted octanol–water partition coefficient (Wildman–Crippen LogP) is 2.06. The highest BCUT2D eigenvalue weighted by atomic mass is 32.2. The summed E-state index contributed by atoms with van der Waals surface area (Å²) < 4.78 is 22.9. The topological polar surface area (TPSA) is 49.4 Å². The largest absolute Gasteiger partial charge is 0.371 e. The van der Waals surface area contributed by atoms with Crippen LogP contribution in [0.4, 0.5) is 5.69 Å². The number of hydrogen-bond donors (Lipinski definition) is 1. The molecule has 5 heteroatoms. The minimum Gasteiger partial charge on any atom is -0.371 e. The van der Waals surface area contributed by atoms with Gasteiger partial charge in [-0.25, -0.2) is 8.42 Å². The Hall–Kier alpha value is -1.07. The van der Waals surface area contributed by atoms with Gasteiger partial charge in [0.05, 0.1) is 4.90 Å². The van der Waals surface area contributed by atoms with E-state index in [0.717, 1.165) is 38.2 Å². The van der Waals surface area contributed by atoms with E-state index in [9.17, 15) is 8.42 Å². The Bertz CT molecular complexity index is 517. The molecule has 1 N–H and O–H groups in total. The third-order valence-corrected chi connectivity index (χ3v) is 4.94. The minimum atomic E-state index is -3.10. The molecule has 1 aliphatic heterocycles. The SMILES string of the molecule is CCCNC1CCN(c2ccc(S(C)(=O)=O)cc2)CC1. The predicted molar refractivity (Wildman–Crippen MR) is 83.1 cm³/mol. The number of benzene rings is 1. The van der Waals surface area contributed by atoms with E-state index >= 15 is 0 Å². The molecule has 2 rings (SSSR count). The second kappa shape index (κ2) is 6.59. The Morgan fingerprint density at radius 2 is 1.80 bits per heavy atom. The van der Waals surface area contributed by atoms with Gasteiger partial charge in [-0.05, 0) is 50.1 Å². The molecule has 0 saturated carbocycles. The molecule has 1 aromatic carbocycles. The molecule has 1 heterocycles. The molecule has 0 bridgehead atoms. The molecular weight excluding hydrogens is 272 g/mol. The van der Waals surface area contributed by atoms with Crippen molar-refractivity contribution in [1.82, 2.24) is 5.32 Å². The summed E-state index contributed by atoms with van der Waals surface area (Å²) in [7, 11) is -3.10. The molecule has 1 fully saturated rings. The zero-order chi connectivity index (χ0) is 14.6. The van der Waals surface area contributed by atoms with Crippen LogP contribution in [0.15, 0.2) is 29.2 Å². The maximum absolute atomic E-state index is 11.4. The molecule has 0 amide bonds. The van der Waals surface area contributed by atoms with E-state index in [1.165, 1.54) is 12.7 Å². The van der Waals surface area contributed by atoms with Crippen LogP contribution in [0, 0.1) is 0 Å². The van der Waals surface area contributed by atoms with E-state index in [4.69, 9.17) is 0 Å². The van der Waals surface area contributed by atoms with Gasteiger partial charge in [0, 0.05) is 31.1 Å². The van der Waals surface area contributed by atoms with Crippen LogP contribution in [0.3, 0.4) is 0 Å². The lowest BCUT2D eigenvalue weighted by Gasteiger charge is -2.34. The average Bonchev–Trinajstić information content (AvgIpc) is 2.45. The summed E-state index contributed by atoms with van der Waals surface area (Å²) >= 11 is 0. The van der Waals surface area contributed by atoms with Gasteiger partial charge >= 0.3 is 0 Å². The van der Waals surface area contributed by atoms with Gasteiger partial charge < -0.3 is 10.2 Å². The molecule has 1 aromatic rings. The zero-order valence-corrected chi connectivity index (χ0v) is 13.1. The first-order chi connectivity index (χ1) is 9.50. The monoisotopic (exact) mass is 296 g/mol. The van der Waals surface area contributed by atoms with E-state index in [2.05, 4.69) is 17.1 Å². The van der Waals surface area contributed by atoms with Crippen molar-refractivity contribution in [3.8, 4) is 0 Å². The number of hydrogen-bond acceptors (Lipinski definition) is 4. The fourth-order valence-corrected chi connectivity index (χ4v) is 3.22. The van der Waals surface area contributed by atoms with Crippen molar-refractivity contribution in [1.29, 1.82) is 0 Å². The van der Waals surface area contributed by atoms with Gasteiger partial charge in [0.1, 0.15) is 0 Å². The highest BCUT2D eigenvalue weighted by Gasteiger charge is 2.19. The Morgan fingerprint density at radius 3 is 2.30 bits per heavy atom. The third-order valence-electron chi connectivity index (χ3n) is 3.81. The van der Waals surface area contributed by atoms with Gasteiger partial charge in [-0.1, -0.05) is 6.92 Å². The van der Waals surface area contributed by atoms with Crippen molar-refractivity contribution < 1.29 is 8.42 Å². The summed E-state index contributed by atoms with van der Waals surface area (Å²) in [6.45, 7) is 5.33. The number of piperidine rings is 1. The highest BCUT2D eigenvalue weighted by Crippen LogP contribution is 2.22. The van der Waals surface area contributed by atoms with Gasteiger partial charge in [-0.3, -0.25) is 0 Å². The van der Waals surface area contributed by atoms with Crippen LogP contribution in [-0.2, 0) is 9.84 Å². The van der Waals surface area contributed by atoms with Crippen molar-refractivity contribution >= 4 is 15.5 Å². The standard InChI is InChI=1S/C15H24N2O2S/c1-3-10-16-13-8-11-17(12-9-13)14-4-6-15(7-5-14)20(2,18)19/h4-7,13,16H,3,8-12H2,1-2H3. The molecule has 0 atom stereocenters. The van der Waals surface area contributed by atoms with Crippen LogP contribution < -0.4 is 10.2 Å². The van der Waals surface area contributed by atoms with E-state index in [1.54, 1.807) is 12.1 Å². The van der Waals surface area contributed by atoms with E-state index in [1.807, 2.05) is 12.1 Å². The molecule has 0 unspecified atom stereocenters. The lowest BCUT2D eigenvalue weighted by molar-refractivity contribution is 0.416. The Balaban J connectivity index is 1.94. The lowest BCUT2D eigenvalue weighted by atomic mass is 10.0. The first-order valence-electron chi connectivity index (χ1n) is 7.29. The summed E-state index contributed by atoms with van der Waals surface area (Å²) in [6, 6.07) is 7.85. The molecule has 112 valence electrons. The first kappa shape index (κ1) is 15.3. The average molecular weight is 296 g/mol. The number of rotatable bonds is 5. The molecule has 0 aromatic heterocycles. The smallest absolute Gasteiger partial charge is 0.175 e. The fraction of sp³-hybridized carbons (Fsp3) is 0.600. The normalized spacial score (nSPS) is 17.4. The number of sulfone groups is 1. The maximum Gasteiger partial charge on any atom is 0.175 e. The number of anilines is 1. The summed E-state index contributed by atoms with van der Waals surface area (Å²) in [6.07, 6.45) is 4.71. The van der Waals surface area contributed by atoms with Crippen LogP contribution in [0.5, 0.6) is 0 Å². The van der Waals surface area contributed by atoms with Crippen molar-refractivity contribution in [3.63, 3.8) is 0 Å². The molecule has 1 saturated heterocycles. The second-order valence-electron chi connectivity index (χ2n) is 5.48. The molecular formula is C15H24N2O2S. The van der Waals surface area contributed by atoms with Crippen LogP contribution in [0.1, 0.15) is 26.2 Å². The van der Waals surface area contributed by atoms with Gasteiger partial charge in [-0.2, -0.15) is 0 Å². The first-order valence-corrected chi connectivity index (χ1v) is 9.18. The summed E-state index contributed by atoms with van der Waals surface area (Å²) in [4.78, 5) is 2.72. The maximum atomic E-state index is 11.4. The Morgan fingerprint density at radius 1 is 1.20 bits per heavy atom. The fourth-order valence-electron chi connectivity index (χ4n) is 2.59.